The lowest BCUT2D eigenvalue weighted by Gasteiger charge is -2.18. The quantitative estimate of drug-likeness (QED) is 0.854. The number of rotatable bonds is 6. The Bertz CT molecular complexity index is 522. The number of benzene rings is 2. The number of carbonyl (C=O) groups excluding carboxylic acids is 1. The van der Waals surface area contributed by atoms with Crippen LogP contribution in [0.15, 0.2) is 60.7 Å². The molecule has 0 spiro atoms. The molecule has 104 valence electrons. The molecule has 1 amide bonds. The van der Waals surface area contributed by atoms with Crippen molar-refractivity contribution in [2.45, 2.75) is 32.2 Å². The number of carbonyl (C=O) groups is 1. The Morgan fingerprint density at radius 1 is 0.950 bits per heavy atom. The van der Waals surface area contributed by atoms with Gasteiger partial charge < -0.3 is 5.32 Å². The minimum absolute atomic E-state index is 0.0407. The fraction of sp³-hybridized carbons (Fsp3) is 0.278. The third kappa shape index (κ3) is 4.88. The molecule has 2 nitrogen and oxygen atoms in total. The van der Waals surface area contributed by atoms with Crippen LogP contribution in [-0.2, 0) is 17.6 Å². The van der Waals surface area contributed by atoms with Crippen LogP contribution in [0.1, 0.15) is 24.5 Å². The Kier molecular flexibility index (Phi) is 5.36. The van der Waals surface area contributed by atoms with Crippen molar-refractivity contribution in [3.8, 4) is 0 Å². The topological polar surface area (TPSA) is 29.1 Å². The zero-order valence-corrected chi connectivity index (χ0v) is 11.9. The third-order valence-corrected chi connectivity index (χ3v) is 3.36. The van der Waals surface area contributed by atoms with Crippen LogP contribution in [0.5, 0.6) is 0 Å². The molecule has 20 heavy (non-hydrogen) atoms. The average molecular weight is 267 g/mol. The zero-order chi connectivity index (χ0) is 14.2. The predicted molar refractivity (Wildman–Crippen MR) is 82.5 cm³/mol. The highest BCUT2D eigenvalue weighted by atomic mass is 16.1. The van der Waals surface area contributed by atoms with Crippen molar-refractivity contribution in [3.05, 3.63) is 71.8 Å². The van der Waals surface area contributed by atoms with Gasteiger partial charge in [-0.25, -0.2) is 0 Å². The van der Waals surface area contributed by atoms with Crippen LogP contribution in [0.25, 0.3) is 0 Å². The number of nitrogens with one attached hydrogen (secondary N) is 1. The van der Waals surface area contributed by atoms with Crippen LogP contribution in [0, 0.1) is 0 Å². The van der Waals surface area contributed by atoms with E-state index < -0.39 is 0 Å². The fourth-order valence-electron chi connectivity index (χ4n) is 2.40. The summed E-state index contributed by atoms with van der Waals surface area (Å²) in [7, 11) is 0. The summed E-state index contributed by atoms with van der Waals surface area (Å²) in [5.41, 5.74) is 2.58. The average Bonchev–Trinajstić information content (AvgIpc) is 2.46. The van der Waals surface area contributed by atoms with E-state index in [-0.39, 0.29) is 11.9 Å². The van der Waals surface area contributed by atoms with E-state index >= 15 is 0 Å². The van der Waals surface area contributed by atoms with Crippen LogP contribution in [0.4, 0.5) is 0 Å². The molecule has 0 radical (unpaired) electrons. The fourth-order valence-corrected chi connectivity index (χ4v) is 2.40. The lowest BCUT2D eigenvalue weighted by molar-refractivity contribution is -0.119. The minimum atomic E-state index is 0.0407. The summed E-state index contributed by atoms with van der Waals surface area (Å²) in [6, 6.07) is 20.9. The van der Waals surface area contributed by atoms with E-state index in [4.69, 9.17) is 0 Å². The molecule has 0 aliphatic rings. The van der Waals surface area contributed by atoms with E-state index in [2.05, 4.69) is 41.7 Å². The molecule has 0 aliphatic heterocycles. The van der Waals surface area contributed by atoms with E-state index in [0.717, 1.165) is 19.3 Å². The highest BCUT2D eigenvalue weighted by molar-refractivity contribution is 5.73. The summed E-state index contributed by atoms with van der Waals surface area (Å²) in [6.07, 6.45) is 2.82. The van der Waals surface area contributed by atoms with Gasteiger partial charge in [0.25, 0.3) is 0 Å². The summed E-state index contributed by atoms with van der Waals surface area (Å²) in [6.45, 7) is 1.58. The van der Waals surface area contributed by atoms with Gasteiger partial charge in [-0.05, 0) is 30.4 Å². The normalized spacial score (nSPS) is 11.8. The summed E-state index contributed by atoms with van der Waals surface area (Å²) >= 11 is 0. The highest BCUT2D eigenvalue weighted by Gasteiger charge is 2.11. The van der Waals surface area contributed by atoms with Crippen LogP contribution in [0.3, 0.4) is 0 Å². The molecule has 2 aromatic rings. The lowest BCUT2D eigenvalue weighted by atomic mass is 9.99. The molecule has 1 unspecified atom stereocenters. The van der Waals surface area contributed by atoms with Gasteiger partial charge in [0.05, 0.1) is 0 Å². The van der Waals surface area contributed by atoms with Gasteiger partial charge in [-0.3, -0.25) is 4.79 Å². The largest absolute Gasteiger partial charge is 0.353 e. The van der Waals surface area contributed by atoms with Crippen molar-refractivity contribution >= 4 is 5.91 Å². The Morgan fingerprint density at radius 3 is 2.05 bits per heavy atom. The summed E-state index contributed by atoms with van der Waals surface area (Å²) in [5.74, 6) is 0.0407. The third-order valence-electron chi connectivity index (χ3n) is 3.36. The van der Waals surface area contributed by atoms with Crippen LogP contribution >= 0.6 is 0 Å². The maximum absolute atomic E-state index is 11.3. The van der Waals surface area contributed by atoms with E-state index in [9.17, 15) is 4.79 Å². The number of amides is 1. The number of hydrogen-bond donors (Lipinski definition) is 1. The van der Waals surface area contributed by atoms with Gasteiger partial charge in [-0.15, -0.1) is 0 Å². The molecule has 0 aliphatic carbocycles. The highest BCUT2D eigenvalue weighted by Crippen LogP contribution is 2.10. The second-order valence-electron chi connectivity index (χ2n) is 5.11. The molecule has 0 saturated heterocycles. The number of hydrogen-bond acceptors (Lipinski definition) is 1. The van der Waals surface area contributed by atoms with Gasteiger partial charge in [0, 0.05) is 13.0 Å². The van der Waals surface area contributed by atoms with Crippen LogP contribution in [-0.4, -0.2) is 11.9 Å². The van der Waals surface area contributed by atoms with Crippen molar-refractivity contribution in [3.63, 3.8) is 0 Å². The first-order valence-electron chi connectivity index (χ1n) is 7.09. The van der Waals surface area contributed by atoms with Gasteiger partial charge in [-0.2, -0.15) is 0 Å². The second-order valence-corrected chi connectivity index (χ2v) is 5.11. The monoisotopic (exact) mass is 267 g/mol. The molecule has 0 aromatic heterocycles. The summed E-state index contributed by atoms with van der Waals surface area (Å²) in [4.78, 5) is 11.3. The van der Waals surface area contributed by atoms with Crippen molar-refractivity contribution in [1.29, 1.82) is 0 Å². The van der Waals surface area contributed by atoms with E-state index in [1.54, 1.807) is 6.92 Å². The van der Waals surface area contributed by atoms with Gasteiger partial charge in [0.1, 0.15) is 0 Å². The predicted octanol–water partition coefficient (Wildman–Crippen LogP) is 3.37. The smallest absolute Gasteiger partial charge is 0.217 e. The van der Waals surface area contributed by atoms with Gasteiger partial charge >= 0.3 is 0 Å². The Balaban J connectivity index is 1.95. The SMILES string of the molecule is CC(=O)NC(CCc1ccccc1)Cc1ccccc1. The molecule has 0 heterocycles. The first-order chi connectivity index (χ1) is 9.74. The Morgan fingerprint density at radius 2 is 1.50 bits per heavy atom. The zero-order valence-electron chi connectivity index (χ0n) is 11.9. The standard InChI is InChI=1S/C18H21NO/c1-15(20)19-18(14-17-10-6-3-7-11-17)13-12-16-8-4-2-5-9-16/h2-11,18H,12-14H2,1H3,(H,19,20). The molecule has 1 N–H and O–H groups in total. The number of aryl methyl sites for hydroxylation is 1. The maximum atomic E-state index is 11.3. The van der Waals surface area contributed by atoms with Crippen LogP contribution in [0.2, 0.25) is 0 Å². The minimum Gasteiger partial charge on any atom is -0.353 e. The van der Waals surface area contributed by atoms with E-state index in [1.807, 2.05) is 24.3 Å². The molecule has 0 fully saturated rings. The maximum Gasteiger partial charge on any atom is 0.217 e. The molecule has 0 bridgehead atoms. The molecule has 1 atom stereocenters. The molecular weight excluding hydrogens is 246 g/mol. The Hall–Kier alpha value is -2.09. The van der Waals surface area contributed by atoms with Gasteiger partial charge in [-0.1, -0.05) is 60.7 Å². The molecule has 2 aromatic carbocycles. The van der Waals surface area contributed by atoms with E-state index in [0.29, 0.717) is 0 Å². The molecule has 2 heteroatoms. The second kappa shape index (κ2) is 7.49. The molecule has 0 saturated carbocycles. The van der Waals surface area contributed by atoms with Crippen LogP contribution < -0.4 is 5.32 Å². The van der Waals surface area contributed by atoms with Gasteiger partial charge in [0.2, 0.25) is 5.91 Å². The van der Waals surface area contributed by atoms with Crippen molar-refractivity contribution in [1.82, 2.24) is 5.32 Å². The lowest BCUT2D eigenvalue weighted by Crippen LogP contribution is -2.35. The van der Waals surface area contributed by atoms with Crippen molar-refractivity contribution in [2.75, 3.05) is 0 Å². The first-order valence-corrected chi connectivity index (χ1v) is 7.09. The summed E-state index contributed by atoms with van der Waals surface area (Å²) < 4.78 is 0. The Labute approximate surface area is 120 Å². The van der Waals surface area contributed by atoms with E-state index in [1.165, 1.54) is 11.1 Å². The molecule has 2 rings (SSSR count). The summed E-state index contributed by atoms with van der Waals surface area (Å²) in [5, 5.41) is 3.06. The van der Waals surface area contributed by atoms with Gasteiger partial charge in [0.15, 0.2) is 0 Å². The first kappa shape index (κ1) is 14.3. The van der Waals surface area contributed by atoms with Crippen molar-refractivity contribution in [2.24, 2.45) is 0 Å². The van der Waals surface area contributed by atoms with Crippen molar-refractivity contribution < 1.29 is 4.79 Å². The molecular formula is C18H21NO.